The first-order valence-electron chi connectivity index (χ1n) is 11.0. The summed E-state index contributed by atoms with van der Waals surface area (Å²) in [5, 5.41) is 3.22. The van der Waals surface area contributed by atoms with Gasteiger partial charge in [-0.2, -0.15) is 0 Å². The van der Waals surface area contributed by atoms with Gasteiger partial charge in [0, 0.05) is 24.5 Å². The summed E-state index contributed by atoms with van der Waals surface area (Å²) in [7, 11) is 1.68. The number of nitrogens with one attached hydrogen (secondary N) is 1. The second-order valence-corrected chi connectivity index (χ2v) is 9.36. The number of amides is 1. The van der Waals surface area contributed by atoms with Gasteiger partial charge in [-0.25, -0.2) is 0 Å². The number of nitrogens with zero attached hydrogens (tertiary/aromatic N) is 1. The number of rotatable bonds is 7. The van der Waals surface area contributed by atoms with Crippen LogP contribution in [0.1, 0.15) is 51.5 Å². The molecule has 2 atom stereocenters. The van der Waals surface area contributed by atoms with Crippen molar-refractivity contribution >= 4 is 17.2 Å². The molecular weight excluding hydrogens is 396 g/mol. The van der Waals surface area contributed by atoms with Crippen molar-refractivity contribution in [1.82, 2.24) is 10.2 Å². The number of fused-ring (bicyclic) bond motifs is 1. The minimum absolute atomic E-state index is 0.0502. The van der Waals surface area contributed by atoms with Crippen LogP contribution in [0.15, 0.2) is 30.3 Å². The number of methoxy groups -OCH3 is 1. The van der Waals surface area contributed by atoms with Crippen molar-refractivity contribution in [3.63, 3.8) is 0 Å². The maximum atomic E-state index is 13.0. The van der Waals surface area contributed by atoms with Gasteiger partial charge in [-0.3, -0.25) is 9.69 Å². The van der Waals surface area contributed by atoms with E-state index in [9.17, 15) is 4.79 Å². The number of hydrogen-bond acceptors (Lipinski definition) is 5. The fraction of sp³-hybridized carbons (Fsp3) is 0.542. The standard InChI is InChI=1S/C24H32N2O3S/c1-3-17-4-9-22-19(14-17)15-23(30-22)24(27)25-16-21(26-10-12-29-13-11-26)18-5-7-20(28-2)8-6-18/h5-8,15,17,21H,3-4,9-14,16H2,1-2H3,(H,25,27)/t17-,21+/m1/s1. The molecule has 0 saturated carbocycles. The van der Waals surface area contributed by atoms with Crippen LogP contribution in [0.3, 0.4) is 0 Å². The van der Waals surface area contributed by atoms with Crippen LogP contribution in [0.4, 0.5) is 0 Å². The highest BCUT2D eigenvalue weighted by atomic mass is 32.1. The van der Waals surface area contributed by atoms with Crippen LogP contribution < -0.4 is 10.1 Å². The average Bonchev–Trinajstić information content (AvgIpc) is 3.23. The lowest BCUT2D eigenvalue weighted by Crippen LogP contribution is -2.43. The lowest BCUT2D eigenvalue weighted by molar-refractivity contribution is 0.0162. The van der Waals surface area contributed by atoms with Crippen molar-refractivity contribution < 1.29 is 14.3 Å². The molecule has 2 heterocycles. The second kappa shape index (κ2) is 9.94. The third-order valence-corrected chi connectivity index (χ3v) is 7.66. The van der Waals surface area contributed by atoms with Crippen LogP contribution in [-0.4, -0.2) is 50.8 Å². The van der Waals surface area contributed by atoms with Crippen molar-refractivity contribution in [3.05, 3.63) is 51.2 Å². The van der Waals surface area contributed by atoms with Gasteiger partial charge in [-0.05, 0) is 54.5 Å². The smallest absolute Gasteiger partial charge is 0.261 e. The number of hydrogen-bond donors (Lipinski definition) is 1. The highest BCUT2D eigenvalue weighted by molar-refractivity contribution is 7.14. The Morgan fingerprint density at radius 1 is 1.30 bits per heavy atom. The molecule has 0 bridgehead atoms. The minimum Gasteiger partial charge on any atom is -0.497 e. The minimum atomic E-state index is 0.0502. The van der Waals surface area contributed by atoms with Crippen molar-refractivity contribution in [2.45, 2.75) is 38.6 Å². The number of ether oxygens (including phenoxy) is 2. The molecule has 2 aliphatic rings. The number of benzene rings is 1. The Hall–Kier alpha value is -1.89. The van der Waals surface area contributed by atoms with Crippen molar-refractivity contribution in [2.75, 3.05) is 40.0 Å². The van der Waals surface area contributed by atoms with Crippen LogP contribution >= 0.6 is 11.3 Å². The van der Waals surface area contributed by atoms with Gasteiger partial charge in [-0.1, -0.05) is 25.5 Å². The monoisotopic (exact) mass is 428 g/mol. The fourth-order valence-electron chi connectivity index (χ4n) is 4.51. The predicted octanol–water partition coefficient (Wildman–Crippen LogP) is 4.07. The highest BCUT2D eigenvalue weighted by Crippen LogP contribution is 2.33. The van der Waals surface area contributed by atoms with Crippen LogP contribution in [0.25, 0.3) is 0 Å². The molecule has 1 saturated heterocycles. The Morgan fingerprint density at radius 3 is 2.77 bits per heavy atom. The van der Waals surface area contributed by atoms with Gasteiger partial charge in [0.05, 0.1) is 31.2 Å². The van der Waals surface area contributed by atoms with E-state index >= 15 is 0 Å². The first kappa shape index (κ1) is 21.3. The third-order valence-electron chi connectivity index (χ3n) is 6.43. The molecule has 1 fully saturated rings. The van der Waals surface area contributed by atoms with Gasteiger partial charge < -0.3 is 14.8 Å². The molecule has 30 heavy (non-hydrogen) atoms. The van der Waals surface area contributed by atoms with Gasteiger partial charge in [0.15, 0.2) is 0 Å². The molecular formula is C24H32N2O3S. The van der Waals surface area contributed by atoms with E-state index in [2.05, 4.69) is 35.3 Å². The van der Waals surface area contributed by atoms with Crippen LogP contribution in [0.2, 0.25) is 0 Å². The molecule has 1 aromatic carbocycles. The second-order valence-electron chi connectivity index (χ2n) is 8.22. The Morgan fingerprint density at radius 2 is 2.07 bits per heavy atom. The van der Waals surface area contributed by atoms with E-state index in [4.69, 9.17) is 9.47 Å². The first-order valence-corrected chi connectivity index (χ1v) is 11.8. The fourth-order valence-corrected chi connectivity index (χ4v) is 5.63. The summed E-state index contributed by atoms with van der Waals surface area (Å²) >= 11 is 1.68. The summed E-state index contributed by atoms with van der Waals surface area (Å²) < 4.78 is 10.8. The third kappa shape index (κ3) is 4.88. The predicted molar refractivity (Wildman–Crippen MR) is 121 cm³/mol. The number of carbonyl (C=O) groups is 1. The molecule has 4 rings (SSSR count). The largest absolute Gasteiger partial charge is 0.497 e. The molecule has 0 unspecified atom stereocenters. The molecule has 162 valence electrons. The van der Waals surface area contributed by atoms with Crippen molar-refractivity contribution in [1.29, 1.82) is 0 Å². The molecule has 2 aromatic rings. The topological polar surface area (TPSA) is 50.8 Å². The maximum absolute atomic E-state index is 13.0. The zero-order chi connectivity index (χ0) is 20.9. The Bertz CT molecular complexity index is 843. The van der Waals surface area contributed by atoms with Crippen molar-refractivity contribution in [3.8, 4) is 5.75 Å². The maximum Gasteiger partial charge on any atom is 0.261 e. The SMILES string of the molecule is CC[C@@H]1CCc2sc(C(=O)NC[C@@H](c3ccc(OC)cc3)N3CCOCC3)cc2C1. The molecule has 1 amide bonds. The Kier molecular flexibility index (Phi) is 7.08. The molecule has 1 aliphatic heterocycles. The van der Waals surface area contributed by atoms with E-state index in [1.54, 1.807) is 18.4 Å². The Balaban J connectivity index is 1.45. The number of thiophene rings is 1. The lowest BCUT2D eigenvalue weighted by atomic mass is 9.87. The zero-order valence-corrected chi connectivity index (χ0v) is 18.8. The van der Waals surface area contributed by atoms with E-state index in [0.29, 0.717) is 6.54 Å². The molecule has 1 aromatic heterocycles. The molecule has 1 N–H and O–H groups in total. The van der Waals surface area contributed by atoms with Gasteiger partial charge >= 0.3 is 0 Å². The van der Waals surface area contributed by atoms with Crippen LogP contribution in [0, 0.1) is 5.92 Å². The number of aryl methyl sites for hydroxylation is 1. The van der Waals surface area contributed by atoms with Crippen LogP contribution in [0.5, 0.6) is 5.75 Å². The van der Waals surface area contributed by atoms with E-state index in [1.165, 1.54) is 28.8 Å². The van der Waals surface area contributed by atoms with E-state index in [-0.39, 0.29) is 11.9 Å². The molecule has 5 nitrogen and oxygen atoms in total. The lowest BCUT2D eigenvalue weighted by Gasteiger charge is -2.35. The summed E-state index contributed by atoms with van der Waals surface area (Å²) in [5.41, 5.74) is 2.58. The summed E-state index contributed by atoms with van der Waals surface area (Å²) in [4.78, 5) is 17.6. The summed E-state index contributed by atoms with van der Waals surface area (Å²) in [6, 6.07) is 10.4. The summed E-state index contributed by atoms with van der Waals surface area (Å²) in [6.45, 7) is 6.07. The van der Waals surface area contributed by atoms with E-state index in [0.717, 1.165) is 55.7 Å². The average molecular weight is 429 g/mol. The van der Waals surface area contributed by atoms with Gasteiger partial charge in [-0.15, -0.1) is 11.3 Å². The highest BCUT2D eigenvalue weighted by Gasteiger charge is 2.25. The molecule has 0 radical (unpaired) electrons. The quantitative estimate of drug-likeness (QED) is 0.722. The molecule has 1 aliphatic carbocycles. The first-order chi connectivity index (χ1) is 14.7. The summed E-state index contributed by atoms with van der Waals surface area (Å²) in [5.74, 6) is 1.66. The zero-order valence-electron chi connectivity index (χ0n) is 18.0. The van der Waals surface area contributed by atoms with Gasteiger partial charge in [0.1, 0.15) is 5.75 Å². The summed E-state index contributed by atoms with van der Waals surface area (Å²) in [6.07, 6.45) is 4.72. The number of carbonyl (C=O) groups excluding carboxylic acids is 1. The number of morpholine rings is 1. The van der Waals surface area contributed by atoms with Gasteiger partial charge in [0.2, 0.25) is 0 Å². The van der Waals surface area contributed by atoms with E-state index in [1.807, 2.05) is 12.1 Å². The van der Waals surface area contributed by atoms with Gasteiger partial charge in [0.25, 0.3) is 5.91 Å². The molecule has 0 spiro atoms. The van der Waals surface area contributed by atoms with Crippen molar-refractivity contribution in [2.24, 2.45) is 5.92 Å². The normalized spacial score (nSPS) is 20.4. The Labute approximate surface area is 183 Å². The van der Waals surface area contributed by atoms with E-state index < -0.39 is 0 Å². The molecule has 6 heteroatoms. The van der Waals surface area contributed by atoms with Crippen LogP contribution in [-0.2, 0) is 17.6 Å².